The lowest BCUT2D eigenvalue weighted by Crippen LogP contribution is -2.23. The van der Waals surface area contributed by atoms with Crippen LogP contribution in [0.15, 0.2) is 24.4 Å². The Bertz CT molecular complexity index is 786. The number of aliphatic carboxylic acids is 1. The normalized spacial score (nSPS) is 10.4. The number of aryl methyl sites for hydroxylation is 1. The van der Waals surface area contributed by atoms with Crippen molar-refractivity contribution in [3.8, 4) is 0 Å². The van der Waals surface area contributed by atoms with E-state index in [0.29, 0.717) is 17.7 Å². The van der Waals surface area contributed by atoms with Crippen LogP contribution in [0.5, 0.6) is 0 Å². The Hall–Kier alpha value is -3.30. The van der Waals surface area contributed by atoms with Crippen LogP contribution in [0.1, 0.15) is 28.5 Å². The van der Waals surface area contributed by atoms with Gasteiger partial charge in [0.05, 0.1) is 17.7 Å². The van der Waals surface area contributed by atoms with Gasteiger partial charge in [0.1, 0.15) is 12.2 Å². The SMILES string of the molecule is CCc1ccc(C(=O)NCc2cn(CC(=O)O)nn2)cc1[N+](=O)[O-]. The van der Waals surface area contributed by atoms with Crippen LogP contribution in [-0.2, 0) is 24.3 Å². The molecule has 0 aliphatic heterocycles. The van der Waals surface area contributed by atoms with E-state index in [9.17, 15) is 19.7 Å². The molecule has 0 atom stereocenters. The number of hydrogen-bond acceptors (Lipinski definition) is 6. The molecule has 126 valence electrons. The van der Waals surface area contributed by atoms with Crippen LogP contribution in [0, 0.1) is 10.1 Å². The van der Waals surface area contributed by atoms with E-state index in [1.165, 1.54) is 18.3 Å². The maximum atomic E-state index is 12.1. The van der Waals surface area contributed by atoms with E-state index in [1.807, 2.05) is 0 Å². The van der Waals surface area contributed by atoms with Gasteiger partial charge in [0, 0.05) is 17.2 Å². The summed E-state index contributed by atoms with van der Waals surface area (Å²) in [4.78, 5) is 33.2. The van der Waals surface area contributed by atoms with Gasteiger partial charge in [-0.15, -0.1) is 5.10 Å². The smallest absolute Gasteiger partial charge is 0.325 e. The molecule has 0 saturated carbocycles. The predicted octanol–water partition coefficient (Wildman–Crippen LogP) is 0.763. The summed E-state index contributed by atoms with van der Waals surface area (Å²) < 4.78 is 1.13. The zero-order chi connectivity index (χ0) is 17.7. The van der Waals surface area contributed by atoms with Crippen LogP contribution in [0.4, 0.5) is 5.69 Å². The highest BCUT2D eigenvalue weighted by Crippen LogP contribution is 2.20. The van der Waals surface area contributed by atoms with E-state index in [0.717, 1.165) is 4.68 Å². The van der Waals surface area contributed by atoms with Gasteiger partial charge in [0.2, 0.25) is 0 Å². The number of carbonyl (C=O) groups is 2. The second-order valence-corrected chi connectivity index (χ2v) is 4.94. The first kappa shape index (κ1) is 17.1. The molecule has 10 nitrogen and oxygen atoms in total. The lowest BCUT2D eigenvalue weighted by Gasteiger charge is -2.05. The summed E-state index contributed by atoms with van der Waals surface area (Å²) in [5.41, 5.74) is 0.992. The summed E-state index contributed by atoms with van der Waals surface area (Å²) in [5, 5.41) is 29.6. The van der Waals surface area contributed by atoms with Crippen LogP contribution < -0.4 is 5.32 Å². The lowest BCUT2D eigenvalue weighted by atomic mass is 10.1. The molecule has 1 aromatic carbocycles. The van der Waals surface area contributed by atoms with Gasteiger partial charge < -0.3 is 10.4 Å². The number of nitro groups is 1. The zero-order valence-electron chi connectivity index (χ0n) is 12.8. The van der Waals surface area contributed by atoms with Crippen LogP contribution in [0.3, 0.4) is 0 Å². The van der Waals surface area contributed by atoms with Gasteiger partial charge in [-0.3, -0.25) is 19.7 Å². The number of benzene rings is 1. The highest BCUT2D eigenvalue weighted by atomic mass is 16.6. The first-order valence-electron chi connectivity index (χ1n) is 7.07. The molecule has 0 aliphatic carbocycles. The number of rotatable bonds is 7. The molecule has 0 unspecified atom stereocenters. The Morgan fingerprint density at radius 2 is 2.17 bits per heavy atom. The molecule has 0 radical (unpaired) electrons. The summed E-state index contributed by atoms with van der Waals surface area (Å²) in [6.45, 7) is 1.50. The number of carbonyl (C=O) groups excluding carboxylic acids is 1. The van der Waals surface area contributed by atoms with Crippen molar-refractivity contribution in [2.24, 2.45) is 0 Å². The molecule has 1 heterocycles. The topological polar surface area (TPSA) is 140 Å². The molecule has 0 fully saturated rings. The molecule has 0 bridgehead atoms. The summed E-state index contributed by atoms with van der Waals surface area (Å²) in [6.07, 6.45) is 1.89. The molecule has 2 rings (SSSR count). The molecule has 0 aliphatic rings. The maximum Gasteiger partial charge on any atom is 0.325 e. The number of aromatic nitrogens is 3. The third kappa shape index (κ3) is 4.12. The number of carboxylic acids is 1. The van der Waals surface area contributed by atoms with Crippen molar-refractivity contribution in [3.05, 3.63) is 51.3 Å². The van der Waals surface area contributed by atoms with Crippen molar-refractivity contribution >= 4 is 17.6 Å². The number of nitrogens with zero attached hydrogens (tertiary/aromatic N) is 4. The molecule has 1 aromatic heterocycles. The first-order valence-corrected chi connectivity index (χ1v) is 7.07. The first-order chi connectivity index (χ1) is 11.4. The number of nitro benzene ring substituents is 1. The molecular weight excluding hydrogens is 318 g/mol. The van der Waals surface area contributed by atoms with Gasteiger partial charge in [0.25, 0.3) is 11.6 Å². The average molecular weight is 333 g/mol. The fourth-order valence-electron chi connectivity index (χ4n) is 2.08. The molecule has 10 heteroatoms. The third-order valence-electron chi connectivity index (χ3n) is 3.24. The minimum absolute atomic E-state index is 0.0295. The highest BCUT2D eigenvalue weighted by Gasteiger charge is 2.16. The standard InChI is InChI=1S/C14H15N5O5/c1-2-9-3-4-10(5-12(9)19(23)24)14(22)15-6-11-7-18(17-16-11)8-13(20)21/h3-5,7H,2,6,8H2,1H3,(H,15,22)(H,20,21). The summed E-state index contributed by atoms with van der Waals surface area (Å²) in [5.74, 6) is -1.55. The summed E-state index contributed by atoms with van der Waals surface area (Å²) >= 11 is 0. The number of nitrogens with one attached hydrogen (secondary N) is 1. The van der Waals surface area contributed by atoms with E-state index in [-0.39, 0.29) is 24.3 Å². The summed E-state index contributed by atoms with van der Waals surface area (Å²) in [6, 6.07) is 4.30. The molecule has 2 N–H and O–H groups in total. The Morgan fingerprint density at radius 1 is 1.42 bits per heavy atom. The second kappa shape index (κ2) is 7.31. The van der Waals surface area contributed by atoms with Gasteiger partial charge in [-0.05, 0) is 12.5 Å². The summed E-state index contributed by atoms with van der Waals surface area (Å²) in [7, 11) is 0. The minimum atomic E-state index is -1.06. The largest absolute Gasteiger partial charge is 0.480 e. The van der Waals surface area contributed by atoms with Crippen molar-refractivity contribution in [1.29, 1.82) is 0 Å². The van der Waals surface area contributed by atoms with Crippen LogP contribution in [0.2, 0.25) is 0 Å². The lowest BCUT2D eigenvalue weighted by molar-refractivity contribution is -0.385. The number of amides is 1. The Morgan fingerprint density at radius 3 is 2.79 bits per heavy atom. The minimum Gasteiger partial charge on any atom is -0.480 e. The molecular formula is C14H15N5O5. The Labute approximate surface area is 136 Å². The van der Waals surface area contributed by atoms with E-state index in [2.05, 4.69) is 15.6 Å². The number of carboxylic acid groups (broad SMARTS) is 1. The second-order valence-electron chi connectivity index (χ2n) is 4.94. The maximum absolute atomic E-state index is 12.1. The van der Waals surface area contributed by atoms with Crippen molar-refractivity contribution in [1.82, 2.24) is 20.3 Å². The van der Waals surface area contributed by atoms with E-state index in [4.69, 9.17) is 5.11 Å². The molecule has 0 saturated heterocycles. The molecule has 0 spiro atoms. The quantitative estimate of drug-likeness (QED) is 0.563. The molecule has 2 aromatic rings. The zero-order valence-corrected chi connectivity index (χ0v) is 12.8. The van der Waals surface area contributed by atoms with Crippen molar-refractivity contribution < 1.29 is 19.6 Å². The van der Waals surface area contributed by atoms with E-state index in [1.54, 1.807) is 13.0 Å². The van der Waals surface area contributed by atoms with Gasteiger partial charge in [0.15, 0.2) is 0 Å². The van der Waals surface area contributed by atoms with E-state index >= 15 is 0 Å². The Kier molecular flexibility index (Phi) is 5.20. The van der Waals surface area contributed by atoms with Gasteiger partial charge in [-0.2, -0.15) is 0 Å². The number of hydrogen-bond donors (Lipinski definition) is 2. The van der Waals surface area contributed by atoms with Crippen molar-refractivity contribution in [2.45, 2.75) is 26.4 Å². The Balaban J connectivity index is 2.04. The van der Waals surface area contributed by atoms with Crippen molar-refractivity contribution in [3.63, 3.8) is 0 Å². The van der Waals surface area contributed by atoms with E-state index < -0.39 is 16.8 Å². The van der Waals surface area contributed by atoms with Crippen molar-refractivity contribution in [2.75, 3.05) is 0 Å². The highest BCUT2D eigenvalue weighted by molar-refractivity contribution is 5.94. The fourth-order valence-corrected chi connectivity index (χ4v) is 2.08. The average Bonchev–Trinajstić information content (AvgIpc) is 2.98. The van der Waals surface area contributed by atoms with Gasteiger partial charge in [-0.25, -0.2) is 4.68 Å². The fraction of sp³-hybridized carbons (Fsp3) is 0.286. The monoisotopic (exact) mass is 333 g/mol. The van der Waals surface area contributed by atoms with Gasteiger partial charge >= 0.3 is 5.97 Å². The molecule has 1 amide bonds. The van der Waals surface area contributed by atoms with Crippen LogP contribution >= 0.6 is 0 Å². The predicted molar refractivity (Wildman–Crippen MR) is 81.3 cm³/mol. The third-order valence-corrected chi connectivity index (χ3v) is 3.24. The van der Waals surface area contributed by atoms with Gasteiger partial charge in [-0.1, -0.05) is 18.2 Å². The van der Waals surface area contributed by atoms with Crippen LogP contribution in [-0.4, -0.2) is 36.9 Å². The van der Waals surface area contributed by atoms with Crippen LogP contribution in [0.25, 0.3) is 0 Å². The molecule has 24 heavy (non-hydrogen) atoms.